The predicted molar refractivity (Wildman–Crippen MR) is 125 cm³/mol. The van der Waals surface area contributed by atoms with Crippen LogP contribution in [0.2, 0.25) is 0 Å². The lowest BCUT2D eigenvalue weighted by molar-refractivity contribution is -0.200. The van der Waals surface area contributed by atoms with Gasteiger partial charge in [0.2, 0.25) is 0 Å². The number of hydrogen-bond acceptors (Lipinski definition) is 7. The Morgan fingerprint density at radius 1 is 1.00 bits per heavy atom. The van der Waals surface area contributed by atoms with E-state index in [1.54, 1.807) is 12.1 Å². The van der Waals surface area contributed by atoms with Crippen LogP contribution in [0.1, 0.15) is 12.6 Å². The lowest BCUT2D eigenvalue weighted by Gasteiger charge is -2.27. The van der Waals surface area contributed by atoms with Crippen molar-refractivity contribution in [2.24, 2.45) is 7.05 Å². The molecule has 1 heterocycles. The van der Waals surface area contributed by atoms with Crippen molar-refractivity contribution in [3.05, 3.63) is 79.3 Å². The molecule has 0 N–H and O–H groups in total. The molecule has 0 saturated carbocycles. The van der Waals surface area contributed by atoms with E-state index in [9.17, 15) is 31.9 Å². The largest absolute Gasteiger partial charge is 0.464 e. The lowest BCUT2D eigenvalue weighted by Crippen LogP contribution is -2.44. The molecule has 0 amide bonds. The van der Waals surface area contributed by atoms with Crippen LogP contribution in [0.4, 0.5) is 17.6 Å². The highest BCUT2D eigenvalue weighted by Gasteiger charge is 2.38. The molecule has 3 rings (SSSR count). The Morgan fingerprint density at radius 3 is 2.19 bits per heavy atom. The second-order valence-corrected chi connectivity index (χ2v) is 8.42. The van der Waals surface area contributed by atoms with Gasteiger partial charge in [0.1, 0.15) is 17.3 Å². The molecule has 0 aliphatic carbocycles. The van der Waals surface area contributed by atoms with Gasteiger partial charge in [-0.05, 0) is 34.1 Å². The van der Waals surface area contributed by atoms with Crippen LogP contribution < -0.4 is 20.7 Å². The number of nitrogens with zero attached hydrogens (tertiary/aromatic N) is 2. The Kier molecular flexibility index (Phi) is 7.83. The minimum absolute atomic E-state index is 0.000560. The summed E-state index contributed by atoms with van der Waals surface area (Å²) in [6, 6.07) is 7.98. The third kappa shape index (κ3) is 5.54. The Labute approximate surface area is 214 Å². The third-order valence-corrected chi connectivity index (χ3v) is 5.79. The summed E-state index contributed by atoms with van der Waals surface area (Å²) < 4.78 is 76.1. The molecule has 0 spiro atoms. The van der Waals surface area contributed by atoms with Crippen molar-refractivity contribution in [2.45, 2.75) is 18.9 Å². The number of halogens is 5. The minimum atomic E-state index is -4.98. The normalized spacial score (nSPS) is 13.1. The van der Waals surface area contributed by atoms with Gasteiger partial charge < -0.3 is 18.9 Å². The molecule has 1 aromatic heterocycles. The fourth-order valence-corrected chi connectivity index (χ4v) is 3.58. The fourth-order valence-electron chi connectivity index (χ4n) is 3.19. The second-order valence-electron chi connectivity index (χ2n) is 7.57. The van der Waals surface area contributed by atoms with Crippen LogP contribution in [0.25, 0.3) is 5.69 Å². The lowest BCUT2D eigenvalue weighted by atomic mass is 10.2. The second kappa shape index (κ2) is 10.4. The van der Waals surface area contributed by atoms with E-state index in [4.69, 9.17) is 14.2 Å². The summed E-state index contributed by atoms with van der Waals surface area (Å²) >= 11 is 3.11. The Bertz CT molecular complexity index is 1470. The van der Waals surface area contributed by atoms with Gasteiger partial charge in [-0.25, -0.2) is 18.5 Å². The maximum atomic E-state index is 14.8. The van der Waals surface area contributed by atoms with Gasteiger partial charge >= 0.3 is 23.6 Å². The standard InChI is InChI=1S/C23H19BrF4N2O7/c1-22(35-4,20(32)34-3)37-16-8-6-5-7-15(16)36-17-10-14(13(25)9-12(17)24)30-19(31)11-18(23(26,27)28)29(2)21(30)33/h5-11H,1-4H3. The number of benzene rings is 2. The van der Waals surface area contributed by atoms with Crippen molar-refractivity contribution < 1.29 is 41.3 Å². The first-order chi connectivity index (χ1) is 17.2. The van der Waals surface area contributed by atoms with Gasteiger partial charge in [-0.3, -0.25) is 9.36 Å². The van der Waals surface area contributed by atoms with Crippen molar-refractivity contribution in [1.29, 1.82) is 0 Å². The van der Waals surface area contributed by atoms with Crippen LogP contribution in [0.3, 0.4) is 0 Å². The molecule has 1 atom stereocenters. The number of para-hydroxylation sites is 2. The minimum Gasteiger partial charge on any atom is -0.464 e. The topological polar surface area (TPSA) is 98.0 Å². The highest BCUT2D eigenvalue weighted by Crippen LogP contribution is 2.38. The summed E-state index contributed by atoms with van der Waals surface area (Å²) in [5.41, 5.74) is -4.98. The van der Waals surface area contributed by atoms with Gasteiger partial charge in [-0.1, -0.05) is 12.1 Å². The van der Waals surface area contributed by atoms with E-state index in [-0.39, 0.29) is 36.9 Å². The Hall–Kier alpha value is -3.65. The summed E-state index contributed by atoms with van der Waals surface area (Å²) in [7, 11) is 3.15. The molecule has 2 aromatic carbocycles. The molecule has 0 bridgehead atoms. The first-order valence-electron chi connectivity index (χ1n) is 10.2. The summed E-state index contributed by atoms with van der Waals surface area (Å²) in [5.74, 6) is -3.95. The summed E-state index contributed by atoms with van der Waals surface area (Å²) in [6.45, 7) is 1.30. The molecule has 0 aliphatic rings. The van der Waals surface area contributed by atoms with E-state index >= 15 is 0 Å². The van der Waals surface area contributed by atoms with E-state index < -0.39 is 46.4 Å². The maximum absolute atomic E-state index is 14.8. The molecule has 3 aromatic rings. The number of rotatable bonds is 7. The summed E-state index contributed by atoms with van der Waals surface area (Å²) in [5, 5.41) is 0. The fraction of sp³-hybridized carbons (Fsp3) is 0.261. The van der Waals surface area contributed by atoms with Crippen molar-refractivity contribution in [3.63, 3.8) is 0 Å². The van der Waals surface area contributed by atoms with Crippen LogP contribution in [0.5, 0.6) is 17.2 Å². The molecule has 14 heteroatoms. The van der Waals surface area contributed by atoms with Crippen LogP contribution >= 0.6 is 15.9 Å². The van der Waals surface area contributed by atoms with Gasteiger partial charge in [-0.15, -0.1) is 0 Å². The van der Waals surface area contributed by atoms with Gasteiger partial charge in [0.05, 0.1) is 17.3 Å². The molecular weight excluding hydrogens is 572 g/mol. The number of ether oxygens (including phenoxy) is 4. The quantitative estimate of drug-likeness (QED) is 0.231. The Balaban J connectivity index is 2.11. The van der Waals surface area contributed by atoms with E-state index in [1.807, 2.05) is 0 Å². The van der Waals surface area contributed by atoms with E-state index in [1.165, 1.54) is 26.2 Å². The van der Waals surface area contributed by atoms with Gasteiger partial charge in [-0.2, -0.15) is 13.2 Å². The molecular formula is C23H19BrF4N2O7. The number of carbonyl (C=O) groups is 1. The number of aromatic nitrogens is 2. The van der Waals surface area contributed by atoms with Crippen molar-refractivity contribution in [2.75, 3.05) is 14.2 Å². The molecule has 37 heavy (non-hydrogen) atoms. The summed E-state index contributed by atoms with van der Waals surface area (Å²) in [4.78, 5) is 37.2. The number of esters is 1. The molecule has 9 nitrogen and oxygen atoms in total. The first kappa shape index (κ1) is 27.9. The highest BCUT2D eigenvalue weighted by molar-refractivity contribution is 9.10. The van der Waals surface area contributed by atoms with Gasteiger partial charge in [0.25, 0.3) is 5.56 Å². The van der Waals surface area contributed by atoms with E-state index in [0.717, 1.165) is 26.3 Å². The van der Waals surface area contributed by atoms with Crippen molar-refractivity contribution >= 4 is 21.9 Å². The van der Waals surface area contributed by atoms with E-state index in [2.05, 4.69) is 20.7 Å². The number of alkyl halides is 3. The number of methoxy groups -OCH3 is 2. The van der Waals surface area contributed by atoms with Crippen molar-refractivity contribution in [1.82, 2.24) is 9.13 Å². The average molecular weight is 591 g/mol. The monoisotopic (exact) mass is 590 g/mol. The number of hydrogen-bond donors (Lipinski definition) is 0. The number of carbonyl (C=O) groups excluding carboxylic acids is 1. The molecule has 0 aliphatic heterocycles. The summed E-state index contributed by atoms with van der Waals surface area (Å²) in [6.07, 6.45) is -4.98. The average Bonchev–Trinajstić information content (AvgIpc) is 2.83. The SMILES string of the molecule is COC(=O)C(C)(OC)Oc1ccccc1Oc1cc(-n2c(=O)cc(C(F)(F)F)n(C)c2=O)c(F)cc1Br. The zero-order valence-electron chi connectivity index (χ0n) is 19.7. The van der Waals surface area contributed by atoms with Crippen molar-refractivity contribution in [3.8, 4) is 22.9 Å². The molecule has 0 radical (unpaired) electrons. The van der Waals surface area contributed by atoms with E-state index in [0.29, 0.717) is 0 Å². The smallest absolute Gasteiger partial charge is 0.431 e. The highest BCUT2D eigenvalue weighted by atomic mass is 79.9. The van der Waals surface area contributed by atoms with Crippen LogP contribution in [0.15, 0.2) is 56.5 Å². The van der Waals surface area contributed by atoms with Crippen LogP contribution in [0, 0.1) is 5.82 Å². The molecule has 198 valence electrons. The first-order valence-corrected chi connectivity index (χ1v) is 11.0. The Morgan fingerprint density at radius 2 is 1.62 bits per heavy atom. The van der Waals surface area contributed by atoms with Gasteiger partial charge in [0.15, 0.2) is 11.5 Å². The zero-order chi connectivity index (χ0) is 27.7. The van der Waals surface area contributed by atoms with Crippen LogP contribution in [-0.4, -0.2) is 35.1 Å². The molecule has 1 unspecified atom stereocenters. The molecule has 0 saturated heterocycles. The van der Waals surface area contributed by atoms with Crippen LogP contribution in [-0.2, 0) is 27.5 Å². The predicted octanol–water partition coefficient (Wildman–Crippen LogP) is 4.16. The molecule has 0 fully saturated rings. The van der Waals surface area contributed by atoms with Gasteiger partial charge in [0, 0.05) is 33.2 Å². The third-order valence-electron chi connectivity index (χ3n) is 5.17. The zero-order valence-corrected chi connectivity index (χ0v) is 21.3. The maximum Gasteiger partial charge on any atom is 0.431 e.